The molecule has 0 radical (unpaired) electrons. The van der Waals surface area contributed by atoms with Crippen LogP contribution >= 0.6 is 11.3 Å². The lowest BCUT2D eigenvalue weighted by Crippen LogP contribution is -2.25. The summed E-state index contributed by atoms with van der Waals surface area (Å²) in [6.45, 7) is 5.21. The fraction of sp³-hybridized carbons (Fsp3) is 0.636. The summed E-state index contributed by atoms with van der Waals surface area (Å²) in [5.74, 6) is 0.273. The molecule has 0 bridgehead atoms. The van der Waals surface area contributed by atoms with E-state index in [1.807, 2.05) is 13.8 Å². The zero-order valence-corrected chi connectivity index (χ0v) is 9.89. The van der Waals surface area contributed by atoms with Gasteiger partial charge in [-0.05, 0) is 26.7 Å². The van der Waals surface area contributed by atoms with Gasteiger partial charge in [0.25, 0.3) is 0 Å². The molecule has 1 aliphatic heterocycles. The average molecular weight is 225 g/mol. The van der Waals surface area contributed by atoms with Crippen LogP contribution in [0, 0.1) is 19.8 Å². The predicted octanol–water partition coefficient (Wildman–Crippen LogP) is 2.37. The van der Waals surface area contributed by atoms with Crippen LogP contribution in [0.3, 0.4) is 0 Å². The number of carbonyl (C=O) groups excluding carboxylic acids is 1. The SMILES string of the molecule is Cc1nc(C)c(C(=O)C2CCCOC2)s1. The van der Waals surface area contributed by atoms with Gasteiger partial charge in [-0.1, -0.05) is 0 Å². The summed E-state index contributed by atoms with van der Waals surface area (Å²) in [5.41, 5.74) is 0.869. The van der Waals surface area contributed by atoms with Crippen molar-refractivity contribution in [2.24, 2.45) is 5.92 Å². The molecule has 1 atom stereocenters. The van der Waals surface area contributed by atoms with E-state index in [-0.39, 0.29) is 11.7 Å². The summed E-state index contributed by atoms with van der Waals surface area (Å²) in [6, 6.07) is 0. The molecule has 1 unspecified atom stereocenters. The topological polar surface area (TPSA) is 39.2 Å². The maximum absolute atomic E-state index is 12.1. The van der Waals surface area contributed by atoms with E-state index in [2.05, 4.69) is 4.98 Å². The van der Waals surface area contributed by atoms with Gasteiger partial charge in [0.2, 0.25) is 0 Å². The molecule has 4 heteroatoms. The number of ketones is 1. The van der Waals surface area contributed by atoms with E-state index >= 15 is 0 Å². The van der Waals surface area contributed by atoms with E-state index in [1.165, 1.54) is 11.3 Å². The number of hydrogen-bond acceptors (Lipinski definition) is 4. The lowest BCUT2D eigenvalue weighted by atomic mass is 9.96. The highest BCUT2D eigenvalue weighted by Crippen LogP contribution is 2.24. The van der Waals surface area contributed by atoms with Crippen LogP contribution in [0.1, 0.15) is 33.2 Å². The number of thiazole rings is 1. The lowest BCUT2D eigenvalue weighted by Gasteiger charge is -2.20. The Morgan fingerprint density at radius 1 is 1.53 bits per heavy atom. The van der Waals surface area contributed by atoms with Crippen LogP contribution < -0.4 is 0 Å². The fourth-order valence-corrected chi connectivity index (χ4v) is 2.83. The van der Waals surface area contributed by atoms with Gasteiger partial charge in [-0.15, -0.1) is 11.3 Å². The second-order valence-electron chi connectivity index (χ2n) is 3.93. The largest absolute Gasteiger partial charge is 0.381 e. The minimum absolute atomic E-state index is 0.0531. The highest BCUT2D eigenvalue weighted by molar-refractivity contribution is 7.13. The average Bonchev–Trinajstić information content (AvgIpc) is 2.58. The molecule has 1 aromatic heterocycles. The minimum Gasteiger partial charge on any atom is -0.381 e. The maximum Gasteiger partial charge on any atom is 0.180 e. The Balaban J connectivity index is 2.16. The molecule has 0 aromatic carbocycles. The number of hydrogen-bond donors (Lipinski definition) is 0. The Bertz CT molecular complexity index is 367. The Hall–Kier alpha value is -0.740. The minimum atomic E-state index is 0.0531. The third kappa shape index (κ3) is 2.26. The van der Waals surface area contributed by atoms with Crippen molar-refractivity contribution in [3.05, 3.63) is 15.6 Å². The maximum atomic E-state index is 12.1. The molecule has 0 aliphatic carbocycles. The fourth-order valence-electron chi connectivity index (χ4n) is 1.89. The van der Waals surface area contributed by atoms with E-state index in [4.69, 9.17) is 4.74 Å². The van der Waals surface area contributed by atoms with Crippen molar-refractivity contribution in [3.63, 3.8) is 0 Å². The highest BCUT2D eigenvalue weighted by Gasteiger charge is 2.25. The van der Waals surface area contributed by atoms with Crippen LogP contribution in [-0.2, 0) is 4.74 Å². The monoisotopic (exact) mass is 225 g/mol. The molecular formula is C11H15NO2S. The number of nitrogens with zero attached hydrogens (tertiary/aromatic N) is 1. The van der Waals surface area contributed by atoms with Gasteiger partial charge < -0.3 is 4.74 Å². The third-order valence-corrected chi connectivity index (χ3v) is 3.75. The highest BCUT2D eigenvalue weighted by atomic mass is 32.1. The van der Waals surface area contributed by atoms with Gasteiger partial charge in [-0.2, -0.15) is 0 Å². The van der Waals surface area contributed by atoms with Gasteiger partial charge in [0.05, 0.1) is 22.2 Å². The van der Waals surface area contributed by atoms with Gasteiger partial charge >= 0.3 is 0 Å². The Morgan fingerprint density at radius 2 is 2.33 bits per heavy atom. The molecule has 1 aromatic rings. The number of rotatable bonds is 2. The Kier molecular flexibility index (Phi) is 3.17. The van der Waals surface area contributed by atoms with Crippen molar-refractivity contribution < 1.29 is 9.53 Å². The first-order valence-corrected chi connectivity index (χ1v) is 6.06. The zero-order chi connectivity index (χ0) is 10.8. The second kappa shape index (κ2) is 4.41. The molecule has 2 heterocycles. The Morgan fingerprint density at radius 3 is 2.87 bits per heavy atom. The summed E-state index contributed by atoms with van der Waals surface area (Å²) < 4.78 is 5.33. The summed E-state index contributed by atoms with van der Waals surface area (Å²) >= 11 is 1.50. The van der Waals surface area contributed by atoms with Crippen LogP contribution in [0.15, 0.2) is 0 Å². The van der Waals surface area contributed by atoms with E-state index in [0.717, 1.165) is 35.0 Å². The molecular weight excluding hydrogens is 210 g/mol. The number of ether oxygens (including phenoxy) is 1. The number of aromatic nitrogens is 1. The smallest absolute Gasteiger partial charge is 0.180 e. The molecule has 82 valence electrons. The molecule has 0 saturated carbocycles. The summed E-state index contributed by atoms with van der Waals surface area (Å²) in [6.07, 6.45) is 1.95. The first-order chi connectivity index (χ1) is 7.18. The molecule has 1 aliphatic rings. The van der Waals surface area contributed by atoms with E-state index in [9.17, 15) is 4.79 Å². The lowest BCUT2D eigenvalue weighted by molar-refractivity contribution is 0.0463. The molecule has 2 rings (SSSR count). The van der Waals surface area contributed by atoms with Gasteiger partial charge in [0, 0.05) is 12.5 Å². The number of aryl methyl sites for hydroxylation is 2. The summed E-state index contributed by atoms with van der Waals surface area (Å²) in [5, 5.41) is 0.965. The van der Waals surface area contributed by atoms with E-state index in [0.29, 0.717) is 6.61 Å². The second-order valence-corrected chi connectivity index (χ2v) is 5.13. The van der Waals surface area contributed by atoms with Gasteiger partial charge in [0.1, 0.15) is 0 Å². The van der Waals surface area contributed by atoms with E-state index in [1.54, 1.807) is 0 Å². The standard InChI is InChI=1S/C11H15NO2S/c1-7-11(15-8(2)12-7)10(13)9-4-3-5-14-6-9/h9H,3-6H2,1-2H3. The molecule has 0 spiro atoms. The van der Waals surface area contributed by atoms with Gasteiger partial charge in [-0.25, -0.2) is 4.98 Å². The first-order valence-electron chi connectivity index (χ1n) is 5.24. The third-order valence-electron chi connectivity index (χ3n) is 2.66. The van der Waals surface area contributed by atoms with Crippen molar-refractivity contribution in [3.8, 4) is 0 Å². The van der Waals surface area contributed by atoms with Crippen LogP contribution in [-0.4, -0.2) is 24.0 Å². The van der Waals surface area contributed by atoms with Crippen molar-refractivity contribution >= 4 is 17.1 Å². The number of Topliss-reactive ketones (excluding diaryl/α,β-unsaturated/α-hetero) is 1. The van der Waals surface area contributed by atoms with E-state index < -0.39 is 0 Å². The van der Waals surface area contributed by atoms with Crippen LogP contribution in [0.5, 0.6) is 0 Å². The molecule has 1 fully saturated rings. The molecule has 3 nitrogen and oxygen atoms in total. The molecule has 0 amide bonds. The van der Waals surface area contributed by atoms with Gasteiger partial charge in [0.15, 0.2) is 5.78 Å². The number of carbonyl (C=O) groups is 1. The van der Waals surface area contributed by atoms with Crippen molar-refractivity contribution in [1.29, 1.82) is 0 Å². The zero-order valence-electron chi connectivity index (χ0n) is 9.08. The summed E-state index contributed by atoms with van der Waals surface area (Å²) in [7, 11) is 0. The van der Waals surface area contributed by atoms with Crippen molar-refractivity contribution in [2.45, 2.75) is 26.7 Å². The molecule has 0 N–H and O–H groups in total. The molecule has 15 heavy (non-hydrogen) atoms. The quantitative estimate of drug-likeness (QED) is 0.725. The normalized spacial score (nSPS) is 21.6. The van der Waals surface area contributed by atoms with Crippen LogP contribution in [0.25, 0.3) is 0 Å². The van der Waals surface area contributed by atoms with Crippen LogP contribution in [0.2, 0.25) is 0 Å². The van der Waals surface area contributed by atoms with Crippen LogP contribution in [0.4, 0.5) is 0 Å². The predicted molar refractivity (Wildman–Crippen MR) is 59.5 cm³/mol. The molecule has 1 saturated heterocycles. The van der Waals surface area contributed by atoms with Crippen molar-refractivity contribution in [2.75, 3.05) is 13.2 Å². The van der Waals surface area contributed by atoms with Gasteiger partial charge in [-0.3, -0.25) is 4.79 Å². The Labute approximate surface area is 93.5 Å². The first kappa shape index (κ1) is 10.8. The van der Waals surface area contributed by atoms with Crippen molar-refractivity contribution in [1.82, 2.24) is 4.98 Å². The summed E-state index contributed by atoms with van der Waals surface area (Å²) in [4.78, 5) is 17.2.